The van der Waals surface area contributed by atoms with Gasteiger partial charge in [0.25, 0.3) is 10.0 Å². The number of hydrazine groups is 1. The summed E-state index contributed by atoms with van der Waals surface area (Å²) in [6.07, 6.45) is 1.79. The molecule has 2 N–H and O–H groups in total. The molecule has 130 valence electrons. The maximum atomic E-state index is 12.5. The SMILES string of the molecule is COC(=O)c1ccccc1S(=O)(=O)NC(=O)N1NC(C)=CC1(C)C. The Kier molecular flexibility index (Phi) is 4.57. The molecule has 0 spiro atoms. The molecule has 0 radical (unpaired) electrons. The van der Waals surface area contributed by atoms with Crippen LogP contribution in [0.15, 0.2) is 40.9 Å². The standard InChI is InChI=1S/C15H19N3O5S/c1-10-9-15(2,3)18(16-10)14(20)17-24(21,22)12-8-6-5-7-11(12)13(19)23-4/h5-9,16H,1-4H3,(H,17,20). The van der Waals surface area contributed by atoms with Crippen molar-refractivity contribution >= 4 is 22.0 Å². The Morgan fingerprint density at radius 2 is 1.88 bits per heavy atom. The minimum absolute atomic E-state index is 0.150. The Morgan fingerprint density at radius 3 is 2.42 bits per heavy atom. The summed E-state index contributed by atoms with van der Waals surface area (Å²) in [5.41, 5.74) is 2.66. The number of benzene rings is 1. The number of amides is 2. The minimum atomic E-state index is -4.26. The number of nitrogens with one attached hydrogen (secondary N) is 2. The van der Waals surface area contributed by atoms with Crippen molar-refractivity contribution in [1.29, 1.82) is 0 Å². The molecule has 9 heteroatoms. The lowest BCUT2D eigenvalue weighted by atomic mass is 10.1. The number of hydrogen-bond donors (Lipinski definition) is 2. The molecule has 0 bridgehead atoms. The summed E-state index contributed by atoms with van der Waals surface area (Å²) in [7, 11) is -3.11. The zero-order chi connectivity index (χ0) is 18.1. The van der Waals surface area contributed by atoms with E-state index in [1.54, 1.807) is 26.8 Å². The number of methoxy groups -OCH3 is 1. The molecule has 0 atom stereocenters. The van der Waals surface area contributed by atoms with E-state index in [4.69, 9.17) is 0 Å². The molecule has 0 saturated heterocycles. The number of carbonyl (C=O) groups excluding carboxylic acids is 2. The fourth-order valence-corrected chi connectivity index (χ4v) is 3.58. The summed E-state index contributed by atoms with van der Waals surface area (Å²) in [5, 5.41) is 1.17. The number of carbonyl (C=O) groups is 2. The van der Waals surface area contributed by atoms with Crippen molar-refractivity contribution in [2.45, 2.75) is 31.2 Å². The summed E-state index contributed by atoms with van der Waals surface area (Å²) in [6.45, 7) is 5.27. The second-order valence-corrected chi connectivity index (χ2v) is 7.48. The number of urea groups is 1. The van der Waals surface area contributed by atoms with Crippen LogP contribution >= 0.6 is 0 Å². The van der Waals surface area contributed by atoms with Gasteiger partial charge < -0.3 is 4.74 Å². The van der Waals surface area contributed by atoms with Gasteiger partial charge >= 0.3 is 12.0 Å². The quantitative estimate of drug-likeness (QED) is 0.796. The van der Waals surface area contributed by atoms with Gasteiger partial charge in [0, 0.05) is 5.70 Å². The molecule has 0 aromatic heterocycles. The largest absolute Gasteiger partial charge is 0.465 e. The van der Waals surface area contributed by atoms with Crippen LogP contribution in [0.5, 0.6) is 0 Å². The molecular formula is C15H19N3O5S. The fraction of sp³-hybridized carbons (Fsp3) is 0.333. The molecule has 0 fully saturated rings. The van der Waals surface area contributed by atoms with Crippen LogP contribution in [0.1, 0.15) is 31.1 Å². The molecule has 1 aromatic carbocycles. The van der Waals surface area contributed by atoms with E-state index in [1.165, 1.54) is 29.3 Å². The highest BCUT2D eigenvalue weighted by molar-refractivity contribution is 7.90. The monoisotopic (exact) mass is 353 g/mol. The van der Waals surface area contributed by atoms with Crippen LogP contribution < -0.4 is 10.1 Å². The van der Waals surface area contributed by atoms with E-state index in [0.717, 1.165) is 12.8 Å². The van der Waals surface area contributed by atoms with E-state index >= 15 is 0 Å². The summed E-state index contributed by atoms with van der Waals surface area (Å²) in [5.74, 6) is -0.805. The topological polar surface area (TPSA) is 105 Å². The maximum absolute atomic E-state index is 12.5. The van der Waals surface area contributed by atoms with Gasteiger partial charge in [0.1, 0.15) is 4.90 Å². The first-order valence-corrected chi connectivity index (χ1v) is 8.57. The third-order valence-electron chi connectivity index (χ3n) is 3.44. The Balaban J connectivity index is 2.30. The average molecular weight is 353 g/mol. The van der Waals surface area contributed by atoms with Crippen LogP contribution in [-0.2, 0) is 14.8 Å². The zero-order valence-electron chi connectivity index (χ0n) is 13.8. The van der Waals surface area contributed by atoms with E-state index < -0.39 is 27.6 Å². The van der Waals surface area contributed by atoms with Crippen molar-refractivity contribution in [2.75, 3.05) is 7.11 Å². The second-order valence-electron chi connectivity index (χ2n) is 5.83. The van der Waals surface area contributed by atoms with Crippen LogP contribution in [0.3, 0.4) is 0 Å². The molecule has 1 aliphatic rings. The van der Waals surface area contributed by atoms with Gasteiger partial charge in [-0.1, -0.05) is 12.1 Å². The van der Waals surface area contributed by atoms with Crippen molar-refractivity contribution in [3.8, 4) is 0 Å². The zero-order valence-corrected chi connectivity index (χ0v) is 14.6. The maximum Gasteiger partial charge on any atom is 0.350 e. The van der Waals surface area contributed by atoms with Crippen LogP contribution in [0.4, 0.5) is 4.79 Å². The third kappa shape index (κ3) is 3.35. The molecule has 0 unspecified atom stereocenters. The van der Waals surface area contributed by atoms with Crippen molar-refractivity contribution in [2.24, 2.45) is 0 Å². The van der Waals surface area contributed by atoms with Gasteiger partial charge in [-0.3, -0.25) is 5.43 Å². The number of allylic oxidation sites excluding steroid dienone is 1. The Bertz CT molecular complexity index is 814. The number of sulfonamides is 1. The van der Waals surface area contributed by atoms with E-state index in [1.807, 2.05) is 4.72 Å². The first-order chi connectivity index (χ1) is 11.1. The fourth-order valence-electron chi connectivity index (χ4n) is 2.45. The summed E-state index contributed by atoms with van der Waals surface area (Å²) >= 11 is 0. The highest BCUT2D eigenvalue weighted by atomic mass is 32.2. The van der Waals surface area contributed by atoms with Crippen LogP contribution in [0, 0.1) is 0 Å². The minimum Gasteiger partial charge on any atom is -0.465 e. The molecule has 0 aliphatic carbocycles. The highest BCUT2D eigenvalue weighted by Crippen LogP contribution is 2.23. The molecule has 2 rings (SSSR count). The van der Waals surface area contributed by atoms with E-state index in [-0.39, 0.29) is 10.5 Å². The number of hydrogen-bond acceptors (Lipinski definition) is 6. The number of nitrogens with zero attached hydrogens (tertiary/aromatic N) is 1. The van der Waals surface area contributed by atoms with Gasteiger partial charge in [0.2, 0.25) is 0 Å². The predicted molar refractivity (Wildman–Crippen MR) is 86.3 cm³/mol. The van der Waals surface area contributed by atoms with Crippen molar-refractivity contribution in [3.63, 3.8) is 0 Å². The van der Waals surface area contributed by atoms with Crippen molar-refractivity contribution in [1.82, 2.24) is 15.2 Å². The number of ether oxygens (including phenoxy) is 1. The molecule has 1 heterocycles. The molecule has 1 aromatic rings. The summed E-state index contributed by atoms with van der Waals surface area (Å²) in [4.78, 5) is 23.8. The number of rotatable bonds is 3. The highest BCUT2D eigenvalue weighted by Gasteiger charge is 2.36. The molecule has 2 amide bonds. The lowest BCUT2D eigenvalue weighted by molar-refractivity contribution is 0.0596. The Labute approximate surface area is 140 Å². The smallest absolute Gasteiger partial charge is 0.350 e. The van der Waals surface area contributed by atoms with E-state index in [0.29, 0.717) is 0 Å². The van der Waals surface area contributed by atoms with Crippen molar-refractivity contribution in [3.05, 3.63) is 41.6 Å². The summed E-state index contributed by atoms with van der Waals surface area (Å²) in [6, 6.07) is 4.65. The molecule has 1 aliphatic heterocycles. The average Bonchev–Trinajstić information content (AvgIpc) is 2.78. The van der Waals surface area contributed by atoms with E-state index in [9.17, 15) is 18.0 Å². The van der Waals surface area contributed by atoms with E-state index in [2.05, 4.69) is 10.2 Å². The van der Waals surface area contributed by atoms with Gasteiger partial charge in [-0.2, -0.15) is 0 Å². The van der Waals surface area contributed by atoms with Crippen LogP contribution in [0.25, 0.3) is 0 Å². The van der Waals surface area contributed by atoms with Crippen molar-refractivity contribution < 1.29 is 22.7 Å². The Morgan fingerprint density at radius 1 is 1.25 bits per heavy atom. The molecular weight excluding hydrogens is 334 g/mol. The number of esters is 1. The predicted octanol–water partition coefficient (Wildman–Crippen LogP) is 1.37. The van der Waals surface area contributed by atoms with Crippen LogP contribution in [0.2, 0.25) is 0 Å². The van der Waals surface area contributed by atoms with Gasteiger partial charge in [-0.15, -0.1) is 0 Å². The molecule has 24 heavy (non-hydrogen) atoms. The summed E-state index contributed by atoms with van der Waals surface area (Å²) < 4.78 is 31.6. The lowest BCUT2D eigenvalue weighted by Crippen LogP contribution is -2.54. The third-order valence-corrected chi connectivity index (χ3v) is 4.82. The molecule has 0 saturated carbocycles. The Hall–Kier alpha value is -2.55. The van der Waals surface area contributed by atoms with Crippen LogP contribution in [-0.4, -0.2) is 38.1 Å². The second kappa shape index (κ2) is 6.16. The normalized spacial score (nSPS) is 16.2. The lowest BCUT2D eigenvalue weighted by Gasteiger charge is -2.30. The van der Waals surface area contributed by atoms with Gasteiger partial charge in [0.15, 0.2) is 0 Å². The van der Waals surface area contributed by atoms with Gasteiger partial charge in [0.05, 0.1) is 18.2 Å². The molecule has 8 nitrogen and oxygen atoms in total. The first-order valence-electron chi connectivity index (χ1n) is 7.09. The van der Waals surface area contributed by atoms with Gasteiger partial charge in [-0.05, 0) is 39.0 Å². The van der Waals surface area contributed by atoms with Gasteiger partial charge in [-0.25, -0.2) is 27.7 Å². The first kappa shape index (κ1) is 17.8.